The Bertz CT molecular complexity index is 623. The number of carbonyl (C=O) groups excluding carboxylic acids is 2. The number of ether oxygens (including phenoxy) is 1. The first-order valence-corrected chi connectivity index (χ1v) is 8.85. The monoisotopic (exact) mass is 350 g/mol. The van der Waals surface area contributed by atoms with Crippen molar-refractivity contribution in [3.8, 4) is 5.75 Å². The minimum atomic E-state index is 0.0475. The lowest BCUT2D eigenvalue weighted by molar-refractivity contribution is -0.143. The lowest BCUT2D eigenvalue weighted by atomic mass is 9.84. The number of halogens is 1. The summed E-state index contributed by atoms with van der Waals surface area (Å²) in [6.45, 7) is 2.46. The molecule has 1 aromatic rings. The van der Waals surface area contributed by atoms with Crippen molar-refractivity contribution in [3.63, 3.8) is 0 Å². The first-order valence-electron chi connectivity index (χ1n) is 8.47. The van der Waals surface area contributed by atoms with Crippen LogP contribution >= 0.6 is 11.6 Å². The minimum Gasteiger partial charge on any atom is -0.496 e. The van der Waals surface area contributed by atoms with E-state index in [1.807, 2.05) is 9.80 Å². The number of hydrogen-bond donors (Lipinski definition) is 0. The van der Waals surface area contributed by atoms with Crippen LogP contribution in [0.2, 0.25) is 5.02 Å². The summed E-state index contributed by atoms with van der Waals surface area (Å²) < 4.78 is 5.30. The average molecular weight is 351 g/mol. The summed E-state index contributed by atoms with van der Waals surface area (Å²) in [5.41, 5.74) is 0.794. The van der Waals surface area contributed by atoms with Crippen LogP contribution in [0.5, 0.6) is 5.75 Å². The third-order valence-corrected chi connectivity index (χ3v) is 5.22. The highest BCUT2D eigenvalue weighted by atomic mass is 35.5. The van der Waals surface area contributed by atoms with E-state index in [1.54, 1.807) is 25.3 Å². The largest absolute Gasteiger partial charge is 0.496 e. The maximum absolute atomic E-state index is 12.5. The second-order valence-electron chi connectivity index (χ2n) is 6.47. The standard InChI is InChI=1S/C18H23ClN2O3/c1-24-16-6-5-15(19)11-14(16)12-17(22)20-7-9-21(10-8-20)18(23)13-3-2-4-13/h5-6,11,13H,2-4,7-10,12H2,1H3. The van der Waals surface area contributed by atoms with Gasteiger partial charge in [-0.25, -0.2) is 0 Å². The Morgan fingerprint density at radius 2 is 1.83 bits per heavy atom. The number of nitrogens with zero attached hydrogens (tertiary/aromatic N) is 2. The minimum absolute atomic E-state index is 0.0475. The molecule has 2 fully saturated rings. The van der Waals surface area contributed by atoms with Crippen molar-refractivity contribution >= 4 is 23.4 Å². The summed E-state index contributed by atoms with van der Waals surface area (Å²) in [5.74, 6) is 1.21. The van der Waals surface area contributed by atoms with Crippen LogP contribution in [0.1, 0.15) is 24.8 Å². The molecule has 0 radical (unpaired) electrons. The number of rotatable bonds is 4. The topological polar surface area (TPSA) is 49.9 Å². The summed E-state index contributed by atoms with van der Waals surface area (Å²) in [5, 5.41) is 0.592. The molecule has 3 rings (SSSR count). The van der Waals surface area contributed by atoms with Gasteiger partial charge in [-0.3, -0.25) is 9.59 Å². The Morgan fingerprint density at radius 1 is 1.17 bits per heavy atom. The third-order valence-electron chi connectivity index (χ3n) is 4.98. The fourth-order valence-corrected chi connectivity index (χ4v) is 3.44. The van der Waals surface area contributed by atoms with Crippen LogP contribution in [0.25, 0.3) is 0 Å². The SMILES string of the molecule is COc1ccc(Cl)cc1CC(=O)N1CCN(C(=O)C2CCC2)CC1. The van der Waals surface area contributed by atoms with Gasteiger partial charge in [0.1, 0.15) is 5.75 Å². The predicted octanol–water partition coefficient (Wildman–Crippen LogP) is 2.36. The molecule has 0 atom stereocenters. The van der Waals surface area contributed by atoms with Gasteiger partial charge in [0.15, 0.2) is 0 Å². The highest BCUT2D eigenvalue weighted by Gasteiger charge is 2.32. The third kappa shape index (κ3) is 3.66. The van der Waals surface area contributed by atoms with Crippen molar-refractivity contribution in [3.05, 3.63) is 28.8 Å². The van der Waals surface area contributed by atoms with Crippen molar-refractivity contribution in [1.82, 2.24) is 9.80 Å². The molecule has 1 aromatic carbocycles. The van der Waals surface area contributed by atoms with E-state index in [0.717, 1.165) is 24.8 Å². The van der Waals surface area contributed by atoms with Crippen molar-refractivity contribution < 1.29 is 14.3 Å². The van der Waals surface area contributed by atoms with Crippen LogP contribution in [0, 0.1) is 5.92 Å². The summed E-state index contributed by atoms with van der Waals surface area (Å²) >= 11 is 6.02. The van der Waals surface area contributed by atoms with Crippen LogP contribution in [0.3, 0.4) is 0 Å². The van der Waals surface area contributed by atoms with E-state index in [0.29, 0.717) is 37.0 Å². The van der Waals surface area contributed by atoms with Crippen LogP contribution in [0.4, 0.5) is 0 Å². The lowest BCUT2D eigenvalue weighted by Crippen LogP contribution is -2.52. The molecule has 6 heteroatoms. The van der Waals surface area contributed by atoms with Gasteiger partial charge in [0.2, 0.25) is 11.8 Å². The zero-order chi connectivity index (χ0) is 17.1. The highest BCUT2D eigenvalue weighted by molar-refractivity contribution is 6.30. The molecular weight excluding hydrogens is 328 g/mol. The molecule has 0 N–H and O–H groups in total. The molecule has 1 aliphatic heterocycles. The van der Waals surface area contributed by atoms with Crippen molar-refractivity contribution in [1.29, 1.82) is 0 Å². The van der Waals surface area contributed by atoms with Gasteiger partial charge in [-0.2, -0.15) is 0 Å². The quantitative estimate of drug-likeness (QED) is 0.837. The van der Waals surface area contributed by atoms with Crippen LogP contribution in [-0.2, 0) is 16.0 Å². The molecule has 0 bridgehead atoms. The number of benzene rings is 1. The molecule has 130 valence electrons. The molecule has 0 aromatic heterocycles. The van der Waals surface area contributed by atoms with Gasteiger partial charge in [-0.05, 0) is 31.0 Å². The van der Waals surface area contributed by atoms with Gasteiger partial charge in [-0.15, -0.1) is 0 Å². The van der Waals surface area contributed by atoms with Crippen LogP contribution in [0.15, 0.2) is 18.2 Å². The summed E-state index contributed by atoms with van der Waals surface area (Å²) in [6.07, 6.45) is 3.47. The zero-order valence-corrected chi connectivity index (χ0v) is 14.7. The lowest BCUT2D eigenvalue weighted by Gasteiger charge is -2.38. The summed E-state index contributed by atoms with van der Waals surface area (Å²) in [6, 6.07) is 5.30. The molecular formula is C18H23ClN2O3. The number of amides is 2. The maximum Gasteiger partial charge on any atom is 0.227 e. The molecule has 2 amide bonds. The van der Waals surface area contributed by atoms with E-state index >= 15 is 0 Å². The van der Waals surface area contributed by atoms with E-state index in [4.69, 9.17) is 16.3 Å². The highest BCUT2D eigenvalue weighted by Crippen LogP contribution is 2.29. The average Bonchev–Trinajstić information content (AvgIpc) is 2.53. The van der Waals surface area contributed by atoms with Crippen molar-refractivity contribution in [2.24, 2.45) is 5.92 Å². The number of hydrogen-bond acceptors (Lipinski definition) is 3. The fraction of sp³-hybridized carbons (Fsp3) is 0.556. The molecule has 1 saturated carbocycles. The van der Waals surface area contributed by atoms with Gasteiger partial charge in [-0.1, -0.05) is 18.0 Å². The van der Waals surface area contributed by atoms with Crippen LogP contribution in [-0.4, -0.2) is 54.9 Å². The summed E-state index contributed by atoms with van der Waals surface area (Å²) in [4.78, 5) is 28.5. The molecule has 24 heavy (non-hydrogen) atoms. The predicted molar refractivity (Wildman–Crippen MR) is 92.2 cm³/mol. The fourth-order valence-electron chi connectivity index (χ4n) is 3.25. The van der Waals surface area contributed by atoms with Gasteiger partial charge in [0, 0.05) is 42.7 Å². The smallest absolute Gasteiger partial charge is 0.227 e. The second-order valence-corrected chi connectivity index (χ2v) is 6.90. The first-order chi connectivity index (χ1) is 11.6. The van der Waals surface area contributed by atoms with E-state index in [9.17, 15) is 9.59 Å². The Balaban J connectivity index is 1.55. The molecule has 5 nitrogen and oxygen atoms in total. The Morgan fingerprint density at radius 3 is 2.42 bits per heavy atom. The van der Waals surface area contributed by atoms with Crippen LogP contribution < -0.4 is 4.74 Å². The molecule has 1 saturated heterocycles. The Labute approximate surface area is 147 Å². The van der Waals surface area contributed by atoms with Gasteiger partial charge >= 0.3 is 0 Å². The maximum atomic E-state index is 12.5. The Hall–Kier alpha value is -1.75. The van der Waals surface area contributed by atoms with E-state index < -0.39 is 0 Å². The number of piperazine rings is 1. The summed E-state index contributed by atoms with van der Waals surface area (Å²) in [7, 11) is 1.59. The van der Waals surface area contributed by atoms with Crippen molar-refractivity contribution in [2.45, 2.75) is 25.7 Å². The number of carbonyl (C=O) groups is 2. The molecule has 0 unspecified atom stereocenters. The molecule has 1 heterocycles. The van der Waals surface area contributed by atoms with Gasteiger partial charge in [0.05, 0.1) is 13.5 Å². The molecule has 0 spiro atoms. The second kappa shape index (κ2) is 7.43. The Kier molecular flexibility index (Phi) is 5.29. The van der Waals surface area contributed by atoms with Crippen molar-refractivity contribution in [2.75, 3.05) is 33.3 Å². The van der Waals surface area contributed by atoms with Gasteiger partial charge in [0.25, 0.3) is 0 Å². The molecule has 2 aliphatic rings. The molecule has 1 aliphatic carbocycles. The first kappa shape index (κ1) is 17.1. The van der Waals surface area contributed by atoms with E-state index in [-0.39, 0.29) is 24.2 Å². The number of methoxy groups -OCH3 is 1. The van der Waals surface area contributed by atoms with E-state index in [2.05, 4.69) is 0 Å². The normalized spacial score (nSPS) is 18.2. The van der Waals surface area contributed by atoms with E-state index in [1.165, 1.54) is 0 Å². The zero-order valence-electron chi connectivity index (χ0n) is 14.0. The van der Waals surface area contributed by atoms with Gasteiger partial charge < -0.3 is 14.5 Å².